The lowest BCUT2D eigenvalue weighted by Gasteiger charge is -2.47. The van der Waals surface area contributed by atoms with Crippen molar-refractivity contribution in [3.63, 3.8) is 0 Å². The van der Waals surface area contributed by atoms with Crippen molar-refractivity contribution in [1.29, 1.82) is 0 Å². The second-order valence-corrected chi connectivity index (χ2v) is 9.34. The molecule has 0 radical (unpaired) electrons. The molecular weight excluding hydrogens is 372 g/mol. The van der Waals surface area contributed by atoms with Gasteiger partial charge in [-0.1, -0.05) is 32.9 Å². The lowest BCUT2D eigenvalue weighted by Crippen LogP contribution is -2.48. The highest BCUT2D eigenvalue weighted by molar-refractivity contribution is 5.72. The average Bonchev–Trinajstić information content (AvgIpc) is 2.65. The summed E-state index contributed by atoms with van der Waals surface area (Å²) >= 11 is 0. The zero-order valence-electron chi connectivity index (χ0n) is 17.8. The van der Waals surface area contributed by atoms with Crippen LogP contribution < -0.4 is 0 Å². The van der Waals surface area contributed by atoms with Crippen molar-refractivity contribution in [3.8, 4) is 0 Å². The Morgan fingerprint density at radius 1 is 1.21 bits per heavy atom. The Bertz CT molecular complexity index is 616. The standard InChI is InChI=1S/C23H36O6/c1-4-13(2)23(27)29-20-11-16(24)9-15-6-5-14(3)19(22(15)20)8-7-18-10-17(25)12-21(26)28-18/h5-6,13-20,22,24-25H,4,7-12H2,1-3H3/t13-,14-,15-,16+,17+,18+,19-,20-,22-/m0/s1. The number of esters is 2. The topological polar surface area (TPSA) is 93.1 Å². The molecule has 2 N–H and O–H groups in total. The first-order valence-corrected chi connectivity index (χ1v) is 11.2. The number of allylic oxidation sites excluding steroid dienone is 2. The van der Waals surface area contributed by atoms with Gasteiger partial charge in [0.15, 0.2) is 0 Å². The number of cyclic esters (lactones) is 1. The number of aliphatic hydroxyl groups excluding tert-OH is 2. The quantitative estimate of drug-likeness (QED) is 0.518. The van der Waals surface area contributed by atoms with Crippen LogP contribution in [0.5, 0.6) is 0 Å². The predicted molar refractivity (Wildman–Crippen MR) is 108 cm³/mol. The summed E-state index contributed by atoms with van der Waals surface area (Å²) in [5.41, 5.74) is 0. The van der Waals surface area contributed by atoms with Crippen LogP contribution in [-0.2, 0) is 19.1 Å². The molecule has 0 amide bonds. The molecule has 0 aromatic heterocycles. The minimum Gasteiger partial charge on any atom is -0.462 e. The van der Waals surface area contributed by atoms with E-state index in [-0.39, 0.29) is 54.2 Å². The van der Waals surface area contributed by atoms with Gasteiger partial charge in [0.25, 0.3) is 0 Å². The molecule has 2 fully saturated rings. The van der Waals surface area contributed by atoms with Crippen molar-refractivity contribution in [1.82, 2.24) is 0 Å². The maximum absolute atomic E-state index is 12.5. The molecule has 6 nitrogen and oxygen atoms in total. The first kappa shape index (κ1) is 22.3. The van der Waals surface area contributed by atoms with E-state index in [2.05, 4.69) is 19.1 Å². The van der Waals surface area contributed by atoms with Crippen LogP contribution in [0.1, 0.15) is 65.7 Å². The van der Waals surface area contributed by atoms with Gasteiger partial charge in [-0.15, -0.1) is 0 Å². The zero-order chi connectivity index (χ0) is 21.1. The Morgan fingerprint density at radius 2 is 1.97 bits per heavy atom. The van der Waals surface area contributed by atoms with Crippen molar-refractivity contribution in [2.75, 3.05) is 0 Å². The fourth-order valence-electron chi connectivity index (χ4n) is 5.31. The van der Waals surface area contributed by atoms with E-state index in [9.17, 15) is 19.8 Å². The second kappa shape index (κ2) is 9.61. The van der Waals surface area contributed by atoms with Crippen LogP contribution in [0.15, 0.2) is 12.2 Å². The Balaban J connectivity index is 1.71. The molecule has 1 heterocycles. The number of carbonyl (C=O) groups excluding carboxylic acids is 2. The van der Waals surface area contributed by atoms with Gasteiger partial charge in [0.05, 0.1) is 24.5 Å². The van der Waals surface area contributed by atoms with E-state index < -0.39 is 12.2 Å². The summed E-state index contributed by atoms with van der Waals surface area (Å²) in [6, 6.07) is 0. The molecule has 0 aromatic carbocycles. The number of aliphatic hydroxyl groups is 2. The molecule has 1 saturated carbocycles. The van der Waals surface area contributed by atoms with E-state index in [1.807, 2.05) is 13.8 Å². The van der Waals surface area contributed by atoms with Crippen LogP contribution in [0.2, 0.25) is 0 Å². The molecule has 2 aliphatic carbocycles. The van der Waals surface area contributed by atoms with Crippen molar-refractivity contribution in [3.05, 3.63) is 12.2 Å². The predicted octanol–water partition coefficient (Wildman–Crippen LogP) is 3.00. The molecule has 6 heteroatoms. The van der Waals surface area contributed by atoms with Crippen molar-refractivity contribution in [2.45, 2.75) is 90.1 Å². The molecule has 0 bridgehead atoms. The summed E-state index contributed by atoms with van der Waals surface area (Å²) in [6.45, 7) is 6.03. The third kappa shape index (κ3) is 5.40. The van der Waals surface area contributed by atoms with Crippen molar-refractivity contribution < 1.29 is 29.3 Å². The van der Waals surface area contributed by atoms with Gasteiger partial charge in [0.1, 0.15) is 12.2 Å². The SMILES string of the molecule is CC[C@H](C)C(=O)O[C@H]1C[C@H](O)C[C@@H]2C=C[C@H](C)[C@H](CC[C@@H]3C[C@@H](O)CC(=O)O3)[C@@H]12. The molecule has 164 valence electrons. The first-order chi connectivity index (χ1) is 13.8. The highest BCUT2D eigenvalue weighted by Crippen LogP contribution is 2.46. The highest BCUT2D eigenvalue weighted by Gasteiger charge is 2.46. The minimum atomic E-state index is -0.619. The normalized spacial score (nSPS) is 40.7. The molecule has 1 aliphatic heterocycles. The van der Waals surface area contributed by atoms with Gasteiger partial charge in [-0.25, -0.2) is 0 Å². The Hall–Kier alpha value is -1.40. The zero-order valence-corrected chi connectivity index (χ0v) is 17.8. The average molecular weight is 409 g/mol. The van der Waals surface area contributed by atoms with Gasteiger partial charge in [-0.05, 0) is 43.4 Å². The van der Waals surface area contributed by atoms with Gasteiger partial charge in [-0.3, -0.25) is 9.59 Å². The van der Waals surface area contributed by atoms with Gasteiger partial charge < -0.3 is 19.7 Å². The van der Waals surface area contributed by atoms with Crippen LogP contribution in [0.4, 0.5) is 0 Å². The third-order valence-corrected chi connectivity index (χ3v) is 7.14. The molecule has 1 saturated heterocycles. The number of rotatable bonds is 6. The summed E-state index contributed by atoms with van der Waals surface area (Å²) in [6.07, 6.45) is 6.78. The maximum atomic E-state index is 12.5. The van der Waals surface area contributed by atoms with Crippen molar-refractivity contribution in [2.24, 2.45) is 29.6 Å². The summed E-state index contributed by atoms with van der Waals surface area (Å²) in [7, 11) is 0. The van der Waals surface area contributed by atoms with Crippen LogP contribution in [0, 0.1) is 29.6 Å². The number of fused-ring (bicyclic) bond motifs is 1. The summed E-state index contributed by atoms with van der Waals surface area (Å²) in [5.74, 6) is 0.293. The minimum absolute atomic E-state index is 0.0787. The largest absolute Gasteiger partial charge is 0.462 e. The van der Waals surface area contributed by atoms with Gasteiger partial charge >= 0.3 is 11.9 Å². The highest BCUT2D eigenvalue weighted by atomic mass is 16.6. The molecule has 29 heavy (non-hydrogen) atoms. The van der Waals surface area contributed by atoms with E-state index in [1.54, 1.807) is 0 Å². The summed E-state index contributed by atoms with van der Waals surface area (Å²) in [5, 5.41) is 20.2. The number of hydrogen-bond donors (Lipinski definition) is 2. The Morgan fingerprint density at radius 3 is 2.66 bits per heavy atom. The number of carbonyl (C=O) groups is 2. The summed E-state index contributed by atoms with van der Waals surface area (Å²) in [4.78, 5) is 24.1. The maximum Gasteiger partial charge on any atom is 0.308 e. The molecule has 9 atom stereocenters. The summed E-state index contributed by atoms with van der Waals surface area (Å²) < 4.78 is 11.4. The third-order valence-electron chi connectivity index (χ3n) is 7.14. The van der Waals surface area contributed by atoms with E-state index in [0.717, 1.165) is 12.8 Å². The Labute approximate surface area is 173 Å². The molecule has 0 spiro atoms. The monoisotopic (exact) mass is 408 g/mol. The van der Waals surface area contributed by atoms with Crippen LogP contribution >= 0.6 is 0 Å². The molecule has 0 aromatic rings. The van der Waals surface area contributed by atoms with E-state index in [4.69, 9.17) is 9.47 Å². The molecule has 3 aliphatic rings. The lowest BCUT2D eigenvalue weighted by atomic mass is 9.62. The van der Waals surface area contributed by atoms with E-state index in [1.165, 1.54) is 0 Å². The molecule has 3 rings (SSSR count). The lowest BCUT2D eigenvalue weighted by molar-refractivity contribution is -0.167. The van der Waals surface area contributed by atoms with Crippen LogP contribution in [0.3, 0.4) is 0 Å². The van der Waals surface area contributed by atoms with E-state index >= 15 is 0 Å². The fourth-order valence-corrected chi connectivity index (χ4v) is 5.31. The first-order valence-electron chi connectivity index (χ1n) is 11.2. The van der Waals surface area contributed by atoms with Gasteiger partial charge in [0, 0.05) is 18.8 Å². The van der Waals surface area contributed by atoms with Gasteiger partial charge in [0.2, 0.25) is 0 Å². The Kier molecular flexibility index (Phi) is 7.38. The van der Waals surface area contributed by atoms with Crippen LogP contribution in [0.25, 0.3) is 0 Å². The van der Waals surface area contributed by atoms with Crippen LogP contribution in [-0.4, -0.2) is 46.6 Å². The smallest absolute Gasteiger partial charge is 0.308 e. The molecular formula is C23H36O6. The van der Waals surface area contributed by atoms with Crippen molar-refractivity contribution >= 4 is 11.9 Å². The fraction of sp³-hybridized carbons (Fsp3) is 0.826. The number of ether oxygens (including phenoxy) is 2. The number of hydrogen-bond acceptors (Lipinski definition) is 6. The second-order valence-electron chi connectivity index (χ2n) is 9.34. The van der Waals surface area contributed by atoms with Gasteiger partial charge in [-0.2, -0.15) is 0 Å². The molecule has 0 unspecified atom stereocenters. The van der Waals surface area contributed by atoms with E-state index in [0.29, 0.717) is 31.6 Å².